The molecule has 0 saturated carbocycles. The summed E-state index contributed by atoms with van der Waals surface area (Å²) in [4.78, 5) is 1.50. The minimum Gasteiger partial charge on any atom is -0.309 e. The van der Waals surface area contributed by atoms with Gasteiger partial charge in [-0.25, -0.2) is 0 Å². The molecule has 1 nitrogen and oxygen atoms in total. The highest BCUT2D eigenvalue weighted by molar-refractivity contribution is 8.00. The van der Waals surface area contributed by atoms with Gasteiger partial charge in [0.1, 0.15) is 0 Å². The summed E-state index contributed by atoms with van der Waals surface area (Å²) in [5, 5.41) is 5.78. The molecule has 0 amide bonds. The predicted octanol–water partition coefficient (Wildman–Crippen LogP) is 4.24. The third kappa shape index (κ3) is 4.48. The molecule has 0 saturated heterocycles. The van der Waals surface area contributed by atoms with Gasteiger partial charge in [-0.05, 0) is 30.5 Å². The summed E-state index contributed by atoms with van der Waals surface area (Å²) in [6, 6.07) is 2.72. The molecule has 1 unspecified atom stereocenters. The lowest BCUT2D eigenvalue weighted by molar-refractivity contribution is 0.609. The highest BCUT2D eigenvalue weighted by atomic mass is 32.2. The fraction of sp³-hybridized carbons (Fsp3) is 0.692. The van der Waals surface area contributed by atoms with Crippen molar-refractivity contribution in [1.29, 1.82) is 0 Å². The summed E-state index contributed by atoms with van der Waals surface area (Å²) in [5.74, 6) is 1.15. The Morgan fingerprint density at radius 1 is 1.44 bits per heavy atom. The van der Waals surface area contributed by atoms with Crippen LogP contribution in [0.3, 0.4) is 0 Å². The van der Waals surface area contributed by atoms with Crippen LogP contribution in [0, 0.1) is 6.92 Å². The molecule has 0 aromatic carbocycles. The van der Waals surface area contributed by atoms with Crippen molar-refractivity contribution >= 4 is 23.1 Å². The van der Waals surface area contributed by atoms with Gasteiger partial charge in [-0.15, -0.1) is 11.3 Å². The summed E-state index contributed by atoms with van der Waals surface area (Å²) in [5.41, 5.74) is 1.42. The van der Waals surface area contributed by atoms with Crippen molar-refractivity contribution in [3.63, 3.8) is 0 Å². The van der Waals surface area contributed by atoms with Crippen LogP contribution in [0.5, 0.6) is 0 Å². The Hall–Kier alpha value is 0.0100. The molecular formula is C13H23NS2. The van der Waals surface area contributed by atoms with E-state index in [-0.39, 0.29) is 0 Å². The van der Waals surface area contributed by atoms with Gasteiger partial charge in [0.2, 0.25) is 0 Å². The van der Waals surface area contributed by atoms with E-state index in [1.165, 1.54) is 10.4 Å². The lowest BCUT2D eigenvalue weighted by Gasteiger charge is -2.23. The Morgan fingerprint density at radius 3 is 2.56 bits per heavy atom. The van der Waals surface area contributed by atoms with Gasteiger partial charge in [0, 0.05) is 15.4 Å². The number of hydrogen-bond donors (Lipinski definition) is 1. The number of hydrogen-bond acceptors (Lipinski definition) is 3. The highest BCUT2D eigenvalue weighted by Crippen LogP contribution is 2.31. The van der Waals surface area contributed by atoms with Gasteiger partial charge in [0.25, 0.3) is 0 Å². The monoisotopic (exact) mass is 257 g/mol. The smallest absolute Gasteiger partial charge is 0.0509 e. The van der Waals surface area contributed by atoms with Crippen LogP contribution in [0.1, 0.15) is 44.2 Å². The largest absolute Gasteiger partial charge is 0.309 e. The van der Waals surface area contributed by atoms with E-state index >= 15 is 0 Å². The average Bonchev–Trinajstić information content (AvgIpc) is 2.57. The third-order valence-corrected chi connectivity index (χ3v) is 4.85. The Balaban J connectivity index is 2.65. The molecule has 1 aromatic heterocycles. The highest BCUT2D eigenvalue weighted by Gasteiger charge is 2.18. The molecule has 3 heteroatoms. The number of thioether (sulfide) groups is 1. The fourth-order valence-electron chi connectivity index (χ4n) is 1.55. The minimum atomic E-state index is 0.346. The van der Waals surface area contributed by atoms with Crippen molar-refractivity contribution < 1.29 is 0 Å². The van der Waals surface area contributed by atoms with Gasteiger partial charge < -0.3 is 5.32 Å². The van der Waals surface area contributed by atoms with Crippen LogP contribution in [-0.2, 0) is 0 Å². The Bertz CT molecular complexity index is 312. The standard InChI is InChI=1S/C13H23NS2/c1-6-14-11(9-16-13(3,4)5)12-10(2)7-8-15-12/h7-8,11,14H,6,9H2,1-5H3. The fourth-order valence-corrected chi connectivity index (χ4v) is 3.61. The number of thiophene rings is 1. The SMILES string of the molecule is CCNC(CSC(C)(C)C)c1sccc1C. The van der Waals surface area contributed by atoms with Crippen molar-refractivity contribution in [1.82, 2.24) is 5.32 Å². The Morgan fingerprint density at radius 2 is 2.12 bits per heavy atom. The van der Waals surface area contributed by atoms with Gasteiger partial charge in [-0.2, -0.15) is 11.8 Å². The summed E-state index contributed by atoms with van der Waals surface area (Å²) < 4.78 is 0.346. The first kappa shape index (κ1) is 14.1. The van der Waals surface area contributed by atoms with Crippen LogP contribution in [-0.4, -0.2) is 17.0 Å². The molecular weight excluding hydrogens is 234 g/mol. The maximum atomic E-state index is 3.59. The summed E-state index contributed by atoms with van der Waals surface area (Å²) in [6.07, 6.45) is 0. The van der Waals surface area contributed by atoms with Crippen molar-refractivity contribution in [2.24, 2.45) is 0 Å². The second-order valence-electron chi connectivity index (χ2n) is 5.00. The first-order chi connectivity index (χ1) is 7.44. The van der Waals surface area contributed by atoms with E-state index < -0.39 is 0 Å². The summed E-state index contributed by atoms with van der Waals surface area (Å²) in [7, 11) is 0. The Kier molecular flexibility index (Phi) is 5.35. The van der Waals surface area contributed by atoms with Crippen LogP contribution >= 0.6 is 23.1 Å². The van der Waals surface area contributed by atoms with Gasteiger partial charge in [-0.3, -0.25) is 0 Å². The topological polar surface area (TPSA) is 12.0 Å². The van der Waals surface area contributed by atoms with Crippen LogP contribution in [0.4, 0.5) is 0 Å². The maximum Gasteiger partial charge on any atom is 0.0509 e. The third-order valence-electron chi connectivity index (χ3n) is 2.35. The molecule has 1 aromatic rings. The van der Waals surface area contributed by atoms with Gasteiger partial charge in [0.15, 0.2) is 0 Å². The van der Waals surface area contributed by atoms with Crippen LogP contribution in [0.25, 0.3) is 0 Å². The molecule has 1 N–H and O–H groups in total. The van der Waals surface area contributed by atoms with E-state index in [4.69, 9.17) is 0 Å². The van der Waals surface area contributed by atoms with Crippen molar-refractivity contribution in [3.8, 4) is 0 Å². The van der Waals surface area contributed by atoms with Crippen molar-refractivity contribution in [2.75, 3.05) is 12.3 Å². The molecule has 0 aliphatic heterocycles. The van der Waals surface area contributed by atoms with Crippen LogP contribution in [0.15, 0.2) is 11.4 Å². The van der Waals surface area contributed by atoms with Crippen LogP contribution < -0.4 is 5.32 Å². The molecule has 0 bridgehead atoms. The van der Waals surface area contributed by atoms with Gasteiger partial charge >= 0.3 is 0 Å². The normalized spacial score (nSPS) is 14.1. The van der Waals surface area contributed by atoms with E-state index in [1.807, 2.05) is 23.1 Å². The first-order valence-electron chi connectivity index (χ1n) is 5.85. The maximum absolute atomic E-state index is 3.59. The van der Waals surface area contributed by atoms with E-state index in [0.717, 1.165) is 12.3 Å². The minimum absolute atomic E-state index is 0.346. The quantitative estimate of drug-likeness (QED) is 0.847. The molecule has 16 heavy (non-hydrogen) atoms. The molecule has 1 rings (SSSR count). The van der Waals surface area contributed by atoms with Gasteiger partial charge in [0.05, 0.1) is 6.04 Å². The average molecular weight is 257 g/mol. The van der Waals surface area contributed by atoms with E-state index in [1.54, 1.807) is 0 Å². The molecule has 92 valence electrons. The van der Waals surface area contributed by atoms with Gasteiger partial charge in [-0.1, -0.05) is 27.7 Å². The van der Waals surface area contributed by atoms with Crippen molar-refractivity contribution in [3.05, 3.63) is 21.9 Å². The molecule has 0 spiro atoms. The number of nitrogens with one attached hydrogen (secondary N) is 1. The molecule has 1 heterocycles. The Labute approximate surface area is 108 Å². The second-order valence-corrected chi connectivity index (χ2v) is 7.80. The summed E-state index contributed by atoms with van der Waals surface area (Å²) >= 11 is 3.91. The molecule has 0 aliphatic rings. The van der Waals surface area contributed by atoms with E-state index in [0.29, 0.717) is 10.8 Å². The number of rotatable bonds is 5. The lowest BCUT2D eigenvalue weighted by atomic mass is 10.2. The predicted molar refractivity (Wildman–Crippen MR) is 77.7 cm³/mol. The lowest BCUT2D eigenvalue weighted by Crippen LogP contribution is -2.24. The first-order valence-corrected chi connectivity index (χ1v) is 7.72. The van der Waals surface area contributed by atoms with Crippen LogP contribution in [0.2, 0.25) is 0 Å². The number of aryl methyl sites for hydroxylation is 1. The van der Waals surface area contributed by atoms with Crippen molar-refractivity contribution in [2.45, 2.75) is 45.4 Å². The summed E-state index contributed by atoms with van der Waals surface area (Å²) in [6.45, 7) is 12.3. The molecule has 1 atom stereocenters. The zero-order valence-corrected chi connectivity index (χ0v) is 12.6. The van der Waals surface area contributed by atoms with E-state index in [2.05, 4.69) is 51.4 Å². The molecule has 0 aliphatic carbocycles. The zero-order chi connectivity index (χ0) is 12.2. The zero-order valence-electron chi connectivity index (χ0n) is 11.0. The molecule has 0 radical (unpaired) electrons. The van der Waals surface area contributed by atoms with E-state index in [9.17, 15) is 0 Å². The second kappa shape index (κ2) is 6.08. The molecule has 0 fully saturated rings.